The van der Waals surface area contributed by atoms with E-state index in [0.717, 1.165) is 29.4 Å². The monoisotopic (exact) mass is 410 g/mol. The number of benzene rings is 1. The Morgan fingerprint density at radius 3 is 2.64 bits per heavy atom. The lowest BCUT2D eigenvalue weighted by Crippen LogP contribution is -2.33. The predicted molar refractivity (Wildman–Crippen MR) is 98.1 cm³/mol. The van der Waals surface area contributed by atoms with E-state index in [0.29, 0.717) is 19.5 Å². The highest BCUT2D eigenvalue weighted by atomic mass is 79.9. The van der Waals surface area contributed by atoms with Gasteiger partial charge < -0.3 is 15.0 Å². The first-order valence-corrected chi connectivity index (χ1v) is 9.21. The van der Waals surface area contributed by atoms with E-state index in [9.17, 15) is 14.4 Å². The van der Waals surface area contributed by atoms with E-state index in [-0.39, 0.29) is 30.1 Å². The first-order valence-electron chi connectivity index (χ1n) is 8.41. The van der Waals surface area contributed by atoms with Crippen LogP contribution in [0.15, 0.2) is 28.7 Å². The Bertz CT molecular complexity index is 618. The van der Waals surface area contributed by atoms with Gasteiger partial charge in [-0.3, -0.25) is 14.4 Å². The first-order chi connectivity index (χ1) is 12.0. The van der Waals surface area contributed by atoms with Crippen LogP contribution in [0.25, 0.3) is 0 Å². The van der Waals surface area contributed by atoms with Gasteiger partial charge in [-0.1, -0.05) is 22.4 Å². The number of hydrogen-bond acceptors (Lipinski definition) is 4. The van der Waals surface area contributed by atoms with Gasteiger partial charge in [-0.15, -0.1) is 0 Å². The second-order valence-corrected chi connectivity index (χ2v) is 6.98. The molecule has 25 heavy (non-hydrogen) atoms. The summed E-state index contributed by atoms with van der Waals surface area (Å²) in [6.07, 6.45) is 3.06. The zero-order chi connectivity index (χ0) is 18.2. The Balaban J connectivity index is 1.71. The Morgan fingerprint density at radius 1 is 1.24 bits per heavy atom. The van der Waals surface area contributed by atoms with E-state index >= 15 is 0 Å². The van der Waals surface area contributed by atoms with E-state index in [1.54, 1.807) is 4.90 Å². The van der Waals surface area contributed by atoms with Crippen molar-refractivity contribution in [2.45, 2.75) is 32.1 Å². The number of rotatable bonds is 8. The molecule has 1 fully saturated rings. The summed E-state index contributed by atoms with van der Waals surface area (Å²) in [6.45, 7) is 0.970. The normalized spacial score (nSPS) is 16.8. The summed E-state index contributed by atoms with van der Waals surface area (Å²) in [5.41, 5.74) is 0.811. The Hall–Kier alpha value is -1.89. The van der Waals surface area contributed by atoms with Crippen molar-refractivity contribution >= 4 is 39.4 Å². The van der Waals surface area contributed by atoms with Crippen molar-refractivity contribution in [2.24, 2.45) is 5.92 Å². The van der Waals surface area contributed by atoms with Crippen molar-refractivity contribution in [3.63, 3.8) is 0 Å². The van der Waals surface area contributed by atoms with Gasteiger partial charge in [0.05, 0.1) is 13.0 Å². The van der Waals surface area contributed by atoms with Crippen molar-refractivity contribution in [1.29, 1.82) is 0 Å². The first kappa shape index (κ1) is 19.4. The number of methoxy groups -OCH3 is 1. The fraction of sp³-hybridized carbons (Fsp3) is 0.500. The summed E-state index contributed by atoms with van der Waals surface area (Å²) in [7, 11) is 1.38. The van der Waals surface area contributed by atoms with E-state index in [2.05, 4.69) is 26.0 Å². The molecule has 1 aliphatic rings. The lowest BCUT2D eigenvalue weighted by atomic mass is 10.1. The molecule has 0 aliphatic carbocycles. The fourth-order valence-electron chi connectivity index (χ4n) is 2.78. The van der Waals surface area contributed by atoms with Gasteiger partial charge in [0.2, 0.25) is 11.8 Å². The second-order valence-electron chi connectivity index (χ2n) is 6.06. The number of amides is 2. The summed E-state index contributed by atoms with van der Waals surface area (Å²) in [5, 5.41) is 2.89. The van der Waals surface area contributed by atoms with Crippen molar-refractivity contribution in [3.05, 3.63) is 28.7 Å². The van der Waals surface area contributed by atoms with Gasteiger partial charge in [0, 0.05) is 36.1 Å². The molecule has 1 heterocycles. The van der Waals surface area contributed by atoms with Crippen molar-refractivity contribution in [2.75, 3.05) is 25.1 Å². The predicted octanol–water partition coefficient (Wildman–Crippen LogP) is 2.65. The molecule has 0 spiro atoms. The van der Waals surface area contributed by atoms with Gasteiger partial charge in [-0.05, 0) is 37.1 Å². The molecule has 1 aliphatic heterocycles. The molecule has 136 valence electrons. The summed E-state index contributed by atoms with van der Waals surface area (Å²) in [6, 6.07) is 7.49. The molecule has 0 aromatic heterocycles. The molecule has 1 unspecified atom stereocenters. The Morgan fingerprint density at radius 2 is 1.96 bits per heavy atom. The molecule has 7 heteroatoms. The van der Waals surface area contributed by atoms with Crippen LogP contribution in [0.5, 0.6) is 0 Å². The molecule has 1 aromatic carbocycles. The molecule has 2 amide bonds. The minimum atomic E-state index is -0.314. The van der Waals surface area contributed by atoms with Crippen molar-refractivity contribution in [3.8, 4) is 0 Å². The van der Waals surface area contributed by atoms with Crippen molar-refractivity contribution in [1.82, 2.24) is 5.32 Å². The quantitative estimate of drug-likeness (QED) is 0.527. The van der Waals surface area contributed by atoms with Gasteiger partial charge in [-0.25, -0.2) is 0 Å². The molecule has 1 atom stereocenters. The van der Waals surface area contributed by atoms with Crippen LogP contribution in [0.2, 0.25) is 0 Å². The summed E-state index contributed by atoms with van der Waals surface area (Å²) < 4.78 is 5.53. The third kappa shape index (κ3) is 5.85. The van der Waals surface area contributed by atoms with Crippen LogP contribution < -0.4 is 10.2 Å². The number of nitrogens with zero attached hydrogens (tertiary/aromatic N) is 1. The van der Waals surface area contributed by atoms with Crippen LogP contribution in [-0.2, 0) is 19.1 Å². The molecule has 6 nitrogen and oxygen atoms in total. The van der Waals surface area contributed by atoms with Crippen LogP contribution >= 0.6 is 15.9 Å². The summed E-state index contributed by atoms with van der Waals surface area (Å²) in [5.74, 6) is -0.630. The van der Waals surface area contributed by atoms with E-state index in [1.807, 2.05) is 24.3 Å². The van der Waals surface area contributed by atoms with Gasteiger partial charge in [0.15, 0.2) is 0 Å². The Labute approximate surface area is 156 Å². The van der Waals surface area contributed by atoms with Crippen LogP contribution in [0.1, 0.15) is 32.1 Å². The minimum absolute atomic E-state index is 0.0273. The standard InChI is InChI=1S/C18H23BrN2O4/c1-25-17(23)5-3-2-4-10-20-18(24)13-11-16(22)21(12-13)15-8-6-14(19)7-9-15/h6-9,13H,2-5,10-12H2,1H3,(H,20,24). The molecule has 1 aromatic rings. The largest absolute Gasteiger partial charge is 0.469 e. The number of hydrogen-bond donors (Lipinski definition) is 1. The summed E-state index contributed by atoms with van der Waals surface area (Å²) in [4.78, 5) is 37.1. The maximum Gasteiger partial charge on any atom is 0.305 e. The second kappa shape index (κ2) is 9.56. The van der Waals surface area contributed by atoms with Gasteiger partial charge in [0.1, 0.15) is 0 Å². The van der Waals surface area contributed by atoms with Crippen LogP contribution in [-0.4, -0.2) is 38.0 Å². The minimum Gasteiger partial charge on any atom is -0.469 e. The van der Waals surface area contributed by atoms with E-state index in [4.69, 9.17) is 0 Å². The van der Waals surface area contributed by atoms with Crippen LogP contribution in [0.3, 0.4) is 0 Å². The highest BCUT2D eigenvalue weighted by Crippen LogP contribution is 2.26. The number of esters is 1. The smallest absolute Gasteiger partial charge is 0.305 e. The van der Waals surface area contributed by atoms with Crippen LogP contribution in [0, 0.1) is 5.92 Å². The number of nitrogens with one attached hydrogen (secondary N) is 1. The zero-order valence-electron chi connectivity index (χ0n) is 14.3. The highest BCUT2D eigenvalue weighted by Gasteiger charge is 2.34. The fourth-order valence-corrected chi connectivity index (χ4v) is 3.05. The molecule has 1 N–H and O–H groups in total. The maximum atomic E-state index is 12.2. The molecular weight excluding hydrogens is 388 g/mol. The molecule has 0 radical (unpaired) electrons. The highest BCUT2D eigenvalue weighted by molar-refractivity contribution is 9.10. The summed E-state index contributed by atoms with van der Waals surface area (Å²) >= 11 is 3.37. The maximum absolute atomic E-state index is 12.2. The van der Waals surface area contributed by atoms with Gasteiger partial charge in [-0.2, -0.15) is 0 Å². The average Bonchev–Trinajstić information content (AvgIpc) is 3.00. The third-order valence-electron chi connectivity index (χ3n) is 4.22. The molecular formula is C18H23BrN2O4. The number of carbonyl (C=O) groups excluding carboxylic acids is 3. The third-order valence-corrected chi connectivity index (χ3v) is 4.75. The molecule has 1 saturated heterocycles. The SMILES string of the molecule is COC(=O)CCCCCNC(=O)C1CC(=O)N(c2ccc(Br)cc2)C1. The Kier molecular flexibility index (Phi) is 7.43. The van der Waals surface area contributed by atoms with Crippen LogP contribution in [0.4, 0.5) is 5.69 Å². The van der Waals surface area contributed by atoms with Crippen molar-refractivity contribution < 1.29 is 19.1 Å². The number of halogens is 1. The van der Waals surface area contributed by atoms with Gasteiger partial charge >= 0.3 is 5.97 Å². The lowest BCUT2D eigenvalue weighted by Gasteiger charge is -2.16. The average molecular weight is 411 g/mol. The topological polar surface area (TPSA) is 75.7 Å². The molecule has 0 bridgehead atoms. The lowest BCUT2D eigenvalue weighted by molar-refractivity contribution is -0.140. The van der Waals surface area contributed by atoms with E-state index in [1.165, 1.54) is 7.11 Å². The van der Waals surface area contributed by atoms with E-state index < -0.39 is 0 Å². The van der Waals surface area contributed by atoms with Gasteiger partial charge in [0.25, 0.3) is 0 Å². The molecule has 2 rings (SSSR count). The zero-order valence-corrected chi connectivity index (χ0v) is 15.9. The number of carbonyl (C=O) groups is 3. The number of unbranched alkanes of at least 4 members (excludes halogenated alkanes) is 2. The molecule has 0 saturated carbocycles. The number of anilines is 1. The number of ether oxygens (including phenoxy) is 1.